The van der Waals surface area contributed by atoms with E-state index >= 15 is 0 Å². The fraction of sp³-hybridized carbons (Fsp3) is 0.0513. The molecule has 5 nitrogen and oxygen atoms in total. The molecule has 2 aromatic heterocycles. The maximum absolute atomic E-state index is 5.65. The van der Waals surface area contributed by atoms with Crippen LogP contribution in [0.3, 0.4) is 0 Å². The molecule has 3 heterocycles. The van der Waals surface area contributed by atoms with Crippen molar-refractivity contribution in [1.29, 1.82) is 0 Å². The minimum Gasteiger partial charge on any atom is -0.344 e. The number of fused-ring (bicyclic) bond motifs is 9. The number of benzene rings is 12. The van der Waals surface area contributed by atoms with Crippen LogP contribution < -0.4 is 5.32 Å². The molecule has 0 amide bonds. The lowest BCUT2D eigenvalue weighted by atomic mass is 9.82. The molecule has 0 fully saturated rings. The van der Waals surface area contributed by atoms with E-state index in [2.05, 4.69) is 313 Å². The summed E-state index contributed by atoms with van der Waals surface area (Å²) in [4.78, 5) is 11.1. The van der Waals surface area contributed by atoms with Gasteiger partial charge in [0, 0.05) is 49.3 Å². The second-order valence-electron chi connectivity index (χ2n) is 22.5. The molecule has 0 saturated heterocycles. The molecule has 1 aliphatic carbocycles. The highest BCUT2D eigenvalue weighted by atomic mass is 15.2. The van der Waals surface area contributed by atoms with Crippen molar-refractivity contribution in [2.24, 2.45) is 9.98 Å². The number of aliphatic imine (C=N–C) groups is 2. The number of amidine groups is 2. The van der Waals surface area contributed by atoms with Crippen molar-refractivity contribution in [3.05, 3.63) is 313 Å². The first-order valence-electron chi connectivity index (χ1n) is 28.7. The van der Waals surface area contributed by atoms with Crippen LogP contribution >= 0.6 is 0 Å². The number of rotatable bonds is 9. The molecule has 0 bridgehead atoms. The summed E-state index contributed by atoms with van der Waals surface area (Å²) in [6.45, 7) is 4.68. The van der Waals surface area contributed by atoms with Gasteiger partial charge in [0.1, 0.15) is 12.0 Å². The third-order valence-electron chi connectivity index (χ3n) is 17.4. The van der Waals surface area contributed by atoms with E-state index in [0.29, 0.717) is 5.84 Å². The topological polar surface area (TPSA) is 46.6 Å². The smallest absolute Gasteiger partial charge is 0.159 e. The lowest BCUT2D eigenvalue weighted by molar-refractivity contribution is 0.658. The van der Waals surface area contributed by atoms with Gasteiger partial charge < -0.3 is 14.5 Å². The second-order valence-corrected chi connectivity index (χ2v) is 22.5. The van der Waals surface area contributed by atoms with Crippen molar-refractivity contribution < 1.29 is 0 Å². The molecule has 0 radical (unpaired) electrons. The van der Waals surface area contributed by atoms with Gasteiger partial charge in [-0.25, -0.2) is 9.98 Å². The van der Waals surface area contributed by atoms with E-state index in [1.807, 2.05) is 0 Å². The molecular formula is C78H55N5. The molecule has 392 valence electrons. The quantitative estimate of drug-likeness (QED) is 0.154. The molecule has 0 saturated carbocycles. The number of nitrogens with one attached hydrogen (secondary N) is 1. The van der Waals surface area contributed by atoms with Crippen LogP contribution in [0, 0.1) is 0 Å². The monoisotopic (exact) mass is 1060 g/mol. The molecule has 2 aliphatic rings. The zero-order valence-electron chi connectivity index (χ0n) is 46.0. The van der Waals surface area contributed by atoms with Crippen LogP contribution in [0.15, 0.2) is 295 Å². The summed E-state index contributed by atoms with van der Waals surface area (Å²) >= 11 is 0. The minimum atomic E-state index is -0.525. The Morgan fingerprint density at radius 3 is 1.54 bits per heavy atom. The predicted octanol–water partition coefficient (Wildman–Crippen LogP) is 19.4. The van der Waals surface area contributed by atoms with Crippen molar-refractivity contribution in [2.45, 2.75) is 25.4 Å². The second kappa shape index (κ2) is 19.3. The molecule has 0 spiro atoms. The summed E-state index contributed by atoms with van der Waals surface area (Å²) in [7, 11) is 0. The van der Waals surface area contributed by atoms with Crippen molar-refractivity contribution in [3.8, 4) is 67.0 Å². The van der Waals surface area contributed by atoms with E-state index in [-0.39, 0.29) is 5.41 Å². The standard InChI is InChI=1S/C78H55N5/c1-78(2)66-33-17-15-29-59(66)60-44-43-57(47-67(60)78)76-79-75(54-39-37-53(38-40-54)50-21-7-3-8-22-50)80-77(81-76)65-46-42-56(52-25-11-5-12-26-52)49-72(65)83-68-34-18-16-30-63(68)73-61(32-20-36-70(73)83)62-31-19-35-69-74(62)64-45-41-55(51-23-9-4-10-24-51)48-71(64)82(69)58-27-13-6-14-28-58/h3-49,77H,1-2H3,(H,79,80,81). The lowest BCUT2D eigenvalue weighted by Crippen LogP contribution is -2.34. The van der Waals surface area contributed by atoms with Gasteiger partial charge in [-0.1, -0.05) is 250 Å². The van der Waals surface area contributed by atoms with Crippen LogP contribution in [0.25, 0.3) is 111 Å². The lowest BCUT2D eigenvalue weighted by Gasteiger charge is -2.27. The predicted molar refractivity (Wildman–Crippen MR) is 346 cm³/mol. The Morgan fingerprint density at radius 1 is 0.349 bits per heavy atom. The van der Waals surface area contributed by atoms with Crippen LogP contribution in [0.4, 0.5) is 0 Å². The summed E-state index contributed by atoms with van der Waals surface area (Å²) in [5, 5.41) is 8.76. The maximum atomic E-state index is 5.65. The van der Waals surface area contributed by atoms with E-state index in [1.54, 1.807) is 0 Å². The zero-order valence-corrected chi connectivity index (χ0v) is 46.0. The van der Waals surface area contributed by atoms with E-state index < -0.39 is 6.17 Å². The van der Waals surface area contributed by atoms with Gasteiger partial charge in [-0.15, -0.1) is 0 Å². The molecule has 12 aromatic carbocycles. The van der Waals surface area contributed by atoms with Gasteiger partial charge in [0.15, 0.2) is 5.84 Å². The summed E-state index contributed by atoms with van der Waals surface area (Å²) < 4.78 is 4.93. The Balaban J connectivity index is 0.909. The first-order valence-corrected chi connectivity index (χ1v) is 28.7. The number of aromatic nitrogens is 2. The first-order chi connectivity index (χ1) is 40.9. The average Bonchev–Trinajstić information content (AvgIpc) is 2.66. The molecule has 14 aromatic rings. The van der Waals surface area contributed by atoms with Crippen LogP contribution in [-0.2, 0) is 5.41 Å². The van der Waals surface area contributed by atoms with E-state index in [4.69, 9.17) is 9.98 Å². The highest BCUT2D eigenvalue weighted by Crippen LogP contribution is 2.50. The van der Waals surface area contributed by atoms with Gasteiger partial charge in [0.25, 0.3) is 0 Å². The average molecular weight is 1060 g/mol. The van der Waals surface area contributed by atoms with E-state index in [0.717, 1.165) is 67.1 Å². The van der Waals surface area contributed by atoms with Gasteiger partial charge in [-0.2, -0.15) is 0 Å². The number of hydrogen-bond donors (Lipinski definition) is 1. The Hall–Kier alpha value is -10.6. The van der Waals surface area contributed by atoms with Crippen molar-refractivity contribution in [1.82, 2.24) is 14.5 Å². The normalized spacial score (nSPS) is 14.4. The Morgan fingerprint density at radius 2 is 0.843 bits per heavy atom. The van der Waals surface area contributed by atoms with Crippen molar-refractivity contribution >= 4 is 55.3 Å². The number of para-hydroxylation sites is 2. The Kier molecular flexibility index (Phi) is 11.2. The van der Waals surface area contributed by atoms with Crippen LogP contribution in [0.5, 0.6) is 0 Å². The Bertz CT molecular complexity index is 4930. The summed E-state index contributed by atoms with van der Waals surface area (Å²) in [6, 6.07) is 104. The van der Waals surface area contributed by atoms with Gasteiger partial charge >= 0.3 is 0 Å². The molecule has 1 atom stereocenters. The fourth-order valence-corrected chi connectivity index (χ4v) is 13.4. The van der Waals surface area contributed by atoms with Crippen molar-refractivity contribution in [3.63, 3.8) is 0 Å². The maximum Gasteiger partial charge on any atom is 0.159 e. The molecule has 1 unspecified atom stereocenters. The summed E-state index contributed by atoms with van der Waals surface area (Å²) in [5.41, 5.74) is 24.0. The SMILES string of the molecule is CC1(C)c2ccccc2-c2ccc(C3=NC(c4ccc(-c5ccccc5)cc4)=NC(c4ccc(-c5ccccc5)cc4-n4c5ccccc5c5c(-c6cccc7c6c6ccc(-c8ccccc8)cc6n7-c6ccccc6)cccc54)N3)cc21. The Labute approximate surface area is 482 Å². The van der Waals surface area contributed by atoms with Gasteiger partial charge in [0.05, 0.1) is 27.8 Å². The summed E-state index contributed by atoms with van der Waals surface area (Å²) in [5.74, 6) is 1.45. The first kappa shape index (κ1) is 48.3. The molecule has 16 rings (SSSR count). The molecule has 1 aliphatic heterocycles. The van der Waals surface area contributed by atoms with E-state index in [1.165, 1.54) is 77.1 Å². The van der Waals surface area contributed by atoms with Gasteiger partial charge in [0.2, 0.25) is 0 Å². The van der Waals surface area contributed by atoms with Crippen LogP contribution in [-0.4, -0.2) is 20.8 Å². The van der Waals surface area contributed by atoms with Crippen LogP contribution in [0.1, 0.15) is 47.8 Å². The van der Waals surface area contributed by atoms with Crippen LogP contribution in [0.2, 0.25) is 0 Å². The summed E-state index contributed by atoms with van der Waals surface area (Å²) in [6.07, 6.45) is -0.525. The highest BCUT2D eigenvalue weighted by molar-refractivity contribution is 6.23. The van der Waals surface area contributed by atoms with Gasteiger partial charge in [-0.05, 0) is 115 Å². The number of hydrogen-bond acceptors (Lipinski definition) is 3. The van der Waals surface area contributed by atoms with E-state index in [9.17, 15) is 0 Å². The zero-order chi connectivity index (χ0) is 55.2. The molecule has 83 heavy (non-hydrogen) atoms. The fourth-order valence-electron chi connectivity index (χ4n) is 13.4. The highest BCUT2D eigenvalue weighted by Gasteiger charge is 2.36. The van der Waals surface area contributed by atoms with Gasteiger partial charge in [-0.3, -0.25) is 0 Å². The third kappa shape index (κ3) is 7.91. The largest absolute Gasteiger partial charge is 0.344 e. The molecule has 5 heteroatoms. The minimum absolute atomic E-state index is 0.188. The number of nitrogens with zero attached hydrogens (tertiary/aromatic N) is 4. The van der Waals surface area contributed by atoms with Crippen molar-refractivity contribution in [2.75, 3.05) is 0 Å². The molecule has 1 N–H and O–H groups in total. The third-order valence-corrected chi connectivity index (χ3v) is 17.4. The molecular weight excluding hydrogens is 1010 g/mol.